The van der Waals surface area contributed by atoms with Gasteiger partial charge in [0.15, 0.2) is 0 Å². The first kappa shape index (κ1) is 22.2. The van der Waals surface area contributed by atoms with Crippen LogP contribution in [0.5, 0.6) is 0 Å². The third-order valence-electron chi connectivity index (χ3n) is 6.24. The van der Waals surface area contributed by atoms with Gasteiger partial charge in [0, 0.05) is 19.4 Å². The molecule has 0 spiro atoms. The Bertz CT molecular complexity index is 1020. The van der Waals surface area contributed by atoms with E-state index in [2.05, 4.69) is 0 Å². The van der Waals surface area contributed by atoms with E-state index >= 15 is 0 Å². The van der Waals surface area contributed by atoms with Gasteiger partial charge in [0.25, 0.3) is 5.91 Å². The summed E-state index contributed by atoms with van der Waals surface area (Å²) in [5.74, 6) is -0.362. The molecule has 1 heterocycles. The van der Waals surface area contributed by atoms with Crippen LogP contribution in [-0.4, -0.2) is 43.9 Å². The number of carbonyl (C=O) groups is 1. The Hall–Kier alpha value is -2.99. The molecular weight excluding hydrogens is 402 g/mol. The zero-order chi connectivity index (χ0) is 22.6. The summed E-state index contributed by atoms with van der Waals surface area (Å²) in [6.45, 7) is 0.227. The third-order valence-corrected chi connectivity index (χ3v) is 6.24. The molecule has 166 valence electrons. The highest BCUT2D eigenvalue weighted by Gasteiger charge is 2.50. The summed E-state index contributed by atoms with van der Waals surface area (Å²) in [6, 6.07) is 26.1. The van der Waals surface area contributed by atoms with E-state index < -0.39 is 17.7 Å². The molecule has 0 saturated carbocycles. The summed E-state index contributed by atoms with van der Waals surface area (Å²) in [4.78, 5) is 15.3. The first-order valence-corrected chi connectivity index (χ1v) is 11.0. The van der Waals surface area contributed by atoms with Gasteiger partial charge in [0.1, 0.15) is 5.60 Å². The van der Waals surface area contributed by atoms with Crippen molar-refractivity contribution in [3.05, 3.63) is 107 Å². The summed E-state index contributed by atoms with van der Waals surface area (Å²) in [5.41, 5.74) is 1.88. The van der Waals surface area contributed by atoms with Crippen LogP contribution >= 0.6 is 0 Å². The number of benzene rings is 3. The number of aliphatic hydroxyl groups excluding tert-OH is 2. The smallest absolute Gasteiger partial charge is 0.255 e. The molecule has 1 amide bonds. The van der Waals surface area contributed by atoms with E-state index in [0.29, 0.717) is 6.42 Å². The van der Waals surface area contributed by atoms with Crippen LogP contribution in [0.2, 0.25) is 0 Å². The minimum atomic E-state index is -1.67. The molecule has 3 aromatic rings. The molecule has 0 bridgehead atoms. The SMILES string of the molecule is O=C1N(Cc2ccc(CO)cc2)[C@@H](Cc2ccccc2)C(O)CC1(O)Cc1ccccc1. The summed E-state index contributed by atoms with van der Waals surface area (Å²) < 4.78 is 0. The van der Waals surface area contributed by atoms with Crippen LogP contribution in [-0.2, 0) is 30.8 Å². The van der Waals surface area contributed by atoms with Gasteiger partial charge in [-0.05, 0) is 28.7 Å². The fraction of sp³-hybridized carbons (Fsp3) is 0.296. The molecular formula is C27H29NO4. The van der Waals surface area contributed by atoms with Crippen molar-refractivity contribution >= 4 is 5.91 Å². The molecule has 5 nitrogen and oxygen atoms in total. The summed E-state index contributed by atoms with van der Waals surface area (Å²) in [5, 5.41) is 31.8. The van der Waals surface area contributed by atoms with Crippen LogP contribution in [0.4, 0.5) is 0 Å². The monoisotopic (exact) mass is 431 g/mol. The zero-order valence-corrected chi connectivity index (χ0v) is 18.0. The molecule has 3 aromatic carbocycles. The molecule has 32 heavy (non-hydrogen) atoms. The molecule has 1 saturated heterocycles. The molecule has 3 N–H and O–H groups in total. The van der Waals surface area contributed by atoms with Gasteiger partial charge in [-0.3, -0.25) is 4.79 Å². The fourth-order valence-electron chi connectivity index (χ4n) is 4.51. The minimum Gasteiger partial charge on any atom is -0.392 e. The number of carbonyl (C=O) groups excluding carboxylic acids is 1. The topological polar surface area (TPSA) is 81.0 Å². The van der Waals surface area contributed by atoms with E-state index in [1.165, 1.54) is 0 Å². The lowest BCUT2D eigenvalue weighted by atomic mass is 9.79. The molecule has 1 fully saturated rings. The summed E-state index contributed by atoms with van der Waals surface area (Å²) in [6.07, 6.45) is -0.206. The molecule has 5 heteroatoms. The minimum absolute atomic E-state index is 0.00181. The molecule has 3 atom stereocenters. The van der Waals surface area contributed by atoms with Crippen molar-refractivity contribution in [1.29, 1.82) is 0 Å². The van der Waals surface area contributed by atoms with Gasteiger partial charge in [-0.25, -0.2) is 0 Å². The highest BCUT2D eigenvalue weighted by molar-refractivity contribution is 5.87. The van der Waals surface area contributed by atoms with Gasteiger partial charge < -0.3 is 20.2 Å². The molecule has 2 unspecified atom stereocenters. The zero-order valence-electron chi connectivity index (χ0n) is 18.0. The number of hydrogen-bond acceptors (Lipinski definition) is 4. The number of hydrogen-bond donors (Lipinski definition) is 3. The van der Waals surface area contributed by atoms with Crippen molar-refractivity contribution in [3.63, 3.8) is 0 Å². The lowest BCUT2D eigenvalue weighted by Gasteiger charge is -2.46. The Kier molecular flexibility index (Phi) is 6.70. The molecule has 1 aliphatic rings. The van der Waals surface area contributed by atoms with E-state index in [1.807, 2.05) is 84.9 Å². The third kappa shape index (κ3) is 4.91. The van der Waals surface area contributed by atoms with Crippen molar-refractivity contribution < 1.29 is 20.1 Å². The standard InChI is InChI=1S/C27H29NO4/c29-19-23-13-11-22(12-14-23)18-28-24(15-20-7-3-1-4-8-20)25(30)17-27(32,26(28)31)16-21-9-5-2-6-10-21/h1-14,24-25,29-30,32H,15-19H2/t24-,25?,27?/m0/s1. The fourth-order valence-corrected chi connectivity index (χ4v) is 4.51. The van der Waals surface area contributed by atoms with E-state index in [9.17, 15) is 20.1 Å². The number of piperidine rings is 1. The summed E-state index contributed by atoms with van der Waals surface area (Å²) >= 11 is 0. The normalized spacial score (nSPS) is 23.3. The van der Waals surface area contributed by atoms with Crippen LogP contribution < -0.4 is 0 Å². The molecule has 0 radical (unpaired) electrons. The van der Waals surface area contributed by atoms with E-state index in [0.717, 1.165) is 22.3 Å². The Balaban J connectivity index is 1.64. The van der Waals surface area contributed by atoms with Crippen molar-refractivity contribution in [3.8, 4) is 0 Å². The predicted octanol–water partition coefficient (Wildman–Crippen LogP) is 2.86. The Morgan fingerprint density at radius 2 is 1.38 bits per heavy atom. The van der Waals surface area contributed by atoms with Crippen LogP contribution in [0.3, 0.4) is 0 Å². The van der Waals surface area contributed by atoms with E-state index in [4.69, 9.17) is 0 Å². The average Bonchev–Trinajstić information content (AvgIpc) is 2.81. The Morgan fingerprint density at radius 1 is 0.812 bits per heavy atom. The van der Waals surface area contributed by atoms with Crippen LogP contribution in [0.1, 0.15) is 28.7 Å². The quantitative estimate of drug-likeness (QED) is 0.537. The van der Waals surface area contributed by atoms with Crippen molar-refractivity contribution in [2.24, 2.45) is 0 Å². The highest BCUT2D eigenvalue weighted by atomic mass is 16.3. The van der Waals surface area contributed by atoms with Gasteiger partial charge >= 0.3 is 0 Å². The lowest BCUT2D eigenvalue weighted by Crippen LogP contribution is -2.64. The second-order valence-electron chi connectivity index (χ2n) is 8.63. The number of rotatable bonds is 7. The van der Waals surface area contributed by atoms with Crippen LogP contribution in [0.25, 0.3) is 0 Å². The van der Waals surface area contributed by atoms with Crippen molar-refractivity contribution in [2.45, 2.75) is 50.2 Å². The maximum atomic E-state index is 13.7. The van der Waals surface area contributed by atoms with E-state index in [1.54, 1.807) is 4.90 Å². The van der Waals surface area contributed by atoms with Crippen molar-refractivity contribution in [1.82, 2.24) is 4.90 Å². The second-order valence-corrected chi connectivity index (χ2v) is 8.63. The number of aliphatic hydroxyl groups is 3. The van der Waals surface area contributed by atoms with Gasteiger partial charge in [-0.2, -0.15) is 0 Å². The summed E-state index contributed by atoms with van der Waals surface area (Å²) in [7, 11) is 0. The van der Waals surface area contributed by atoms with Gasteiger partial charge in [0.2, 0.25) is 0 Å². The number of amides is 1. The maximum Gasteiger partial charge on any atom is 0.255 e. The van der Waals surface area contributed by atoms with Crippen LogP contribution in [0.15, 0.2) is 84.9 Å². The average molecular weight is 432 g/mol. The number of nitrogens with zero attached hydrogens (tertiary/aromatic N) is 1. The first-order chi connectivity index (χ1) is 15.5. The second kappa shape index (κ2) is 9.65. The van der Waals surface area contributed by atoms with Gasteiger partial charge in [-0.1, -0.05) is 84.9 Å². The molecule has 1 aliphatic heterocycles. The van der Waals surface area contributed by atoms with Crippen molar-refractivity contribution in [2.75, 3.05) is 0 Å². The molecule has 0 aliphatic carbocycles. The number of likely N-dealkylation sites (tertiary alicyclic amines) is 1. The van der Waals surface area contributed by atoms with Crippen LogP contribution in [0, 0.1) is 0 Å². The largest absolute Gasteiger partial charge is 0.392 e. The van der Waals surface area contributed by atoms with Gasteiger partial charge in [-0.15, -0.1) is 0 Å². The first-order valence-electron chi connectivity index (χ1n) is 11.0. The predicted molar refractivity (Wildman–Crippen MR) is 123 cm³/mol. The Labute approximate surface area is 188 Å². The molecule has 0 aromatic heterocycles. The van der Waals surface area contributed by atoms with Gasteiger partial charge in [0.05, 0.1) is 18.8 Å². The maximum absolute atomic E-state index is 13.7. The lowest BCUT2D eigenvalue weighted by molar-refractivity contribution is -0.173. The molecule has 4 rings (SSSR count). The Morgan fingerprint density at radius 3 is 1.97 bits per heavy atom. The highest BCUT2D eigenvalue weighted by Crippen LogP contribution is 2.33. The van der Waals surface area contributed by atoms with E-state index in [-0.39, 0.29) is 31.9 Å².